The second kappa shape index (κ2) is 6.33. The van der Waals surface area contributed by atoms with E-state index in [4.69, 9.17) is 11.6 Å². The summed E-state index contributed by atoms with van der Waals surface area (Å²) in [6, 6.07) is 11.0. The summed E-state index contributed by atoms with van der Waals surface area (Å²) in [7, 11) is 0. The fourth-order valence-corrected chi connectivity index (χ4v) is 2.07. The SMILES string of the molecule is O=C(Cc1ccc(Cl)cc1)NN=Cc1cccs1. The lowest BCUT2D eigenvalue weighted by molar-refractivity contribution is -0.120. The van der Waals surface area contributed by atoms with Gasteiger partial charge in [-0.25, -0.2) is 5.43 Å². The van der Waals surface area contributed by atoms with Crippen LogP contribution in [-0.2, 0) is 11.2 Å². The van der Waals surface area contributed by atoms with Crippen molar-refractivity contribution in [3.05, 3.63) is 57.2 Å². The number of hydrazone groups is 1. The summed E-state index contributed by atoms with van der Waals surface area (Å²) in [6.07, 6.45) is 1.92. The maximum Gasteiger partial charge on any atom is 0.244 e. The molecule has 0 unspecified atom stereocenters. The van der Waals surface area contributed by atoms with Crippen LogP contribution in [0.4, 0.5) is 0 Å². The standard InChI is InChI=1S/C13H11ClN2OS/c14-11-5-3-10(4-6-11)8-13(17)16-15-9-12-2-1-7-18-12/h1-7,9H,8H2,(H,16,17). The van der Waals surface area contributed by atoms with Gasteiger partial charge in [-0.15, -0.1) is 11.3 Å². The van der Waals surface area contributed by atoms with E-state index in [1.807, 2.05) is 29.6 Å². The topological polar surface area (TPSA) is 41.5 Å². The molecule has 0 aliphatic rings. The lowest BCUT2D eigenvalue weighted by atomic mass is 10.1. The van der Waals surface area contributed by atoms with E-state index in [0.717, 1.165) is 10.4 Å². The minimum Gasteiger partial charge on any atom is -0.273 e. The summed E-state index contributed by atoms with van der Waals surface area (Å²) in [5.41, 5.74) is 3.39. The summed E-state index contributed by atoms with van der Waals surface area (Å²) in [6.45, 7) is 0. The van der Waals surface area contributed by atoms with Crippen molar-refractivity contribution in [2.45, 2.75) is 6.42 Å². The zero-order chi connectivity index (χ0) is 12.8. The Bertz CT molecular complexity index is 535. The molecular formula is C13H11ClN2OS. The molecule has 2 aromatic rings. The Morgan fingerprint density at radius 1 is 1.33 bits per heavy atom. The fourth-order valence-electron chi connectivity index (χ4n) is 1.36. The second-order valence-electron chi connectivity index (χ2n) is 3.61. The highest BCUT2D eigenvalue weighted by Crippen LogP contribution is 2.09. The maximum absolute atomic E-state index is 11.6. The maximum atomic E-state index is 11.6. The molecule has 0 fully saturated rings. The number of benzene rings is 1. The molecule has 0 radical (unpaired) electrons. The minimum absolute atomic E-state index is 0.148. The second-order valence-corrected chi connectivity index (χ2v) is 5.03. The molecule has 0 aliphatic carbocycles. The largest absolute Gasteiger partial charge is 0.273 e. The van der Waals surface area contributed by atoms with Crippen LogP contribution in [0.2, 0.25) is 5.02 Å². The van der Waals surface area contributed by atoms with Gasteiger partial charge in [0, 0.05) is 9.90 Å². The van der Waals surface area contributed by atoms with Crippen LogP contribution in [0, 0.1) is 0 Å². The van der Waals surface area contributed by atoms with Crippen molar-refractivity contribution in [2.24, 2.45) is 5.10 Å². The number of carbonyl (C=O) groups is 1. The van der Waals surface area contributed by atoms with E-state index in [1.165, 1.54) is 0 Å². The number of hydrogen-bond acceptors (Lipinski definition) is 3. The molecule has 0 spiro atoms. The summed E-state index contributed by atoms with van der Waals surface area (Å²) < 4.78 is 0. The number of halogens is 1. The highest BCUT2D eigenvalue weighted by Gasteiger charge is 2.01. The van der Waals surface area contributed by atoms with Crippen LogP contribution in [0.15, 0.2) is 46.9 Å². The molecule has 0 saturated heterocycles. The van der Waals surface area contributed by atoms with Crippen LogP contribution in [0.25, 0.3) is 0 Å². The van der Waals surface area contributed by atoms with Gasteiger partial charge in [0.25, 0.3) is 0 Å². The first-order chi connectivity index (χ1) is 8.74. The van der Waals surface area contributed by atoms with Crippen LogP contribution >= 0.6 is 22.9 Å². The molecular weight excluding hydrogens is 268 g/mol. The van der Waals surface area contributed by atoms with Crippen molar-refractivity contribution in [1.29, 1.82) is 0 Å². The zero-order valence-corrected chi connectivity index (χ0v) is 11.0. The van der Waals surface area contributed by atoms with Gasteiger partial charge >= 0.3 is 0 Å². The van der Waals surface area contributed by atoms with Gasteiger partial charge in [-0.3, -0.25) is 4.79 Å². The smallest absolute Gasteiger partial charge is 0.244 e. The lowest BCUT2D eigenvalue weighted by Crippen LogP contribution is -2.19. The molecule has 1 N–H and O–H groups in total. The van der Waals surface area contributed by atoms with Gasteiger partial charge in [0.15, 0.2) is 0 Å². The van der Waals surface area contributed by atoms with E-state index < -0.39 is 0 Å². The monoisotopic (exact) mass is 278 g/mol. The van der Waals surface area contributed by atoms with Crippen molar-refractivity contribution in [2.75, 3.05) is 0 Å². The molecule has 0 atom stereocenters. The van der Waals surface area contributed by atoms with E-state index in [-0.39, 0.29) is 5.91 Å². The highest BCUT2D eigenvalue weighted by atomic mass is 35.5. The van der Waals surface area contributed by atoms with Crippen molar-refractivity contribution >= 4 is 35.1 Å². The average Bonchev–Trinajstić information content (AvgIpc) is 2.85. The Balaban J connectivity index is 1.84. The fraction of sp³-hybridized carbons (Fsp3) is 0.0769. The normalized spacial score (nSPS) is 10.7. The molecule has 0 bridgehead atoms. The molecule has 1 amide bonds. The predicted molar refractivity (Wildman–Crippen MR) is 75.2 cm³/mol. The molecule has 1 aromatic carbocycles. The average molecular weight is 279 g/mol. The zero-order valence-electron chi connectivity index (χ0n) is 9.47. The number of nitrogens with one attached hydrogen (secondary N) is 1. The van der Waals surface area contributed by atoms with E-state index in [0.29, 0.717) is 11.4 Å². The summed E-state index contributed by atoms with van der Waals surface area (Å²) in [5.74, 6) is -0.148. The molecule has 2 rings (SSSR count). The first-order valence-electron chi connectivity index (χ1n) is 5.34. The van der Waals surface area contributed by atoms with Gasteiger partial charge in [0.2, 0.25) is 5.91 Å². The Labute approximate surface area is 114 Å². The molecule has 0 saturated carbocycles. The first-order valence-corrected chi connectivity index (χ1v) is 6.59. The molecule has 1 aromatic heterocycles. The number of hydrogen-bond donors (Lipinski definition) is 1. The molecule has 1 heterocycles. The molecule has 18 heavy (non-hydrogen) atoms. The van der Waals surface area contributed by atoms with E-state index in [9.17, 15) is 4.79 Å². The third-order valence-electron chi connectivity index (χ3n) is 2.20. The summed E-state index contributed by atoms with van der Waals surface area (Å²) in [4.78, 5) is 12.6. The Kier molecular flexibility index (Phi) is 4.50. The highest BCUT2D eigenvalue weighted by molar-refractivity contribution is 7.11. The molecule has 0 aliphatic heterocycles. The quantitative estimate of drug-likeness (QED) is 0.678. The van der Waals surface area contributed by atoms with Crippen molar-refractivity contribution in [1.82, 2.24) is 5.43 Å². The predicted octanol–water partition coefficient (Wildman–Crippen LogP) is 3.09. The van der Waals surface area contributed by atoms with Gasteiger partial charge < -0.3 is 0 Å². The number of rotatable bonds is 4. The molecule has 3 nitrogen and oxygen atoms in total. The van der Waals surface area contributed by atoms with Crippen molar-refractivity contribution in [3.63, 3.8) is 0 Å². The van der Waals surface area contributed by atoms with Gasteiger partial charge in [-0.1, -0.05) is 29.8 Å². The number of nitrogens with zero attached hydrogens (tertiary/aromatic N) is 1. The third-order valence-corrected chi connectivity index (χ3v) is 3.26. The summed E-state index contributed by atoms with van der Waals surface area (Å²) in [5, 5.41) is 6.50. The van der Waals surface area contributed by atoms with Gasteiger partial charge in [-0.2, -0.15) is 5.10 Å². The minimum atomic E-state index is -0.148. The van der Waals surface area contributed by atoms with Crippen molar-refractivity contribution < 1.29 is 4.79 Å². The number of thiophene rings is 1. The van der Waals surface area contributed by atoms with Crippen LogP contribution in [-0.4, -0.2) is 12.1 Å². The Morgan fingerprint density at radius 2 is 2.11 bits per heavy atom. The van der Waals surface area contributed by atoms with Gasteiger partial charge in [0.05, 0.1) is 12.6 Å². The van der Waals surface area contributed by atoms with E-state index in [2.05, 4.69) is 10.5 Å². The van der Waals surface area contributed by atoms with Crippen LogP contribution in [0.3, 0.4) is 0 Å². The molecule has 92 valence electrons. The third kappa shape index (κ3) is 3.98. The van der Waals surface area contributed by atoms with Crippen LogP contribution in [0.1, 0.15) is 10.4 Å². The van der Waals surface area contributed by atoms with Gasteiger partial charge in [-0.05, 0) is 29.1 Å². The molecule has 5 heteroatoms. The van der Waals surface area contributed by atoms with E-state index >= 15 is 0 Å². The Morgan fingerprint density at radius 3 is 2.78 bits per heavy atom. The first kappa shape index (κ1) is 12.8. The number of carbonyl (C=O) groups excluding carboxylic acids is 1. The number of amides is 1. The van der Waals surface area contributed by atoms with Crippen LogP contribution in [0.5, 0.6) is 0 Å². The van der Waals surface area contributed by atoms with Crippen molar-refractivity contribution in [3.8, 4) is 0 Å². The van der Waals surface area contributed by atoms with Crippen LogP contribution < -0.4 is 5.43 Å². The lowest BCUT2D eigenvalue weighted by Gasteiger charge is -2.00. The summed E-state index contributed by atoms with van der Waals surface area (Å²) >= 11 is 7.33. The van der Waals surface area contributed by atoms with Gasteiger partial charge in [0.1, 0.15) is 0 Å². The Hall–Kier alpha value is -1.65. The van der Waals surface area contributed by atoms with E-state index in [1.54, 1.807) is 29.7 Å².